The summed E-state index contributed by atoms with van der Waals surface area (Å²) < 4.78 is 5.25. The van der Waals surface area contributed by atoms with Gasteiger partial charge in [-0.05, 0) is 30.4 Å². The lowest BCUT2D eigenvalue weighted by Crippen LogP contribution is -2.53. The minimum atomic E-state index is -0.924. The van der Waals surface area contributed by atoms with Crippen LogP contribution < -0.4 is 16.4 Å². The van der Waals surface area contributed by atoms with E-state index in [9.17, 15) is 14.4 Å². The van der Waals surface area contributed by atoms with E-state index in [1.807, 2.05) is 60.7 Å². The molecule has 7 heteroatoms. The Morgan fingerprint density at radius 2 is 1.55 bits per heavy atom. The van der Waals surface area contributed by atoms with Crippen molar-refractivity contribution in [2.24, 2.45) is 5.73 Å². The Morgan fingerprint density at radius 1 is 0.935 bits per heavy atom. The molecular formula is C24H29N3O4. The summed E-state index contributed by atoms with van der Waals surface area (Å²) in [6.45, 7) is 3.73. The summed E-state index contributed by atoms with van der Waals surface area (Å²) in [6, 6.07) is 16.7. The molecule has 0 unspecified atom stereocenters. The number of rotatable bonds is 12. The molecule has 0 aliphatic rings. The number of benzene rings is 2. The number of carbonyl (C=O) groups is 3. The number of nitrogens with one attached hydrogen (secondary N) is 2. The molecule has 0 bridgehead atoms. The van der Waals surface area contributed by atoms with Crippen molar-refractivity contribution < 1.29 is 19.1 Å². The van der Waals surface area contributed by atoms with Crippen LogP contribution in [0.1, 0.15) is 30.4 Å². The Kier molecular flexibility index (Phi) is 9.81. The molecule has 2 atom stereocenters. The molecule has 31 heavy (non-hydrogen) atoms. The van der Waals surface area contributed by atoms with Gasteiger partial charge in [-0.2, -0.15) is 0 Å². The minimum absolute atomic E-state index is 0.0812. The predicted molar refractivity (Wildman–Crippen MR) is 119 cm³/mol. The van der Waals surface area contributed by atoms with E-state index in [-0.39, 0.29) is 13.0 Å². The highest BCUT2D eigenvalue weighted by Crippen LogP contribution is 2.07. The quantitative estimate of drug-likeness (QED) is 0.360. The lowest BCUT2D eigenvalue weighted by atomic mass is 10.0. The van der Waals surface area contributed by atoms with Gasteiger partial charge in [0.25, 0.3) is 0 Å². The van der Waals surface area contributed by atoms with Crippen molar-refractivity contribution in [2.45, 2.75) is 44.4 Å². The van der Waals surface area contributed by atoms with Crippen LogP contribution in [0.3, 0.4) is 0 Å². The number of hydrogen-bond donors (Lipinski definition) is 3. The second kappa shape index (κ2) is 12.8. The van der Waals surface area contributed by atoms with Crippen molar-refractivity contribution in [3.8, 4) is 0 Å². The van der Waals surface area contributed by atoms with E-state index in [1.165, 1.54) is 0 Å². The Bertz CT molecular complexity index is 856. The molecule has 2 rings (SSSR count). The second-order valence-corrected chi connectivity index (χ2v) is 7.13. The summed E-state index contributed by atoms with van der Waals surface area (Å²) >= 11 is 0. The lowest BCUT2D eigenvalue weighted by molar-refractivity contribution is -0.128. The van der Waals surface area contributed by atoms with Crippen LogP contribution in [0.15, 0.2) is 73.3 Å². The smallest absolute Gasteiger partial charge is 0.408 e. The van der Waals surface area contributed by atoms with Crippen LogP contribution in [0.2, 0.25) is 0 Å². The first-order valence-corrected chi connectivity index (χ1v) is 10.2. The van der Waals surface area contributed by atoms with Gasteiger partial charge in [-0.25, -0.2) is 4.79 Å². The Hall–Kier alpha value is -3.61. The van der Waals surface area contributed by atoms with Crippen molar-refractivity contribution in [1.82, 2.24) is 10.6 Å². The molecule has 2 aromatic rings. The SMILES string of the molecule is C=CCCC[C@@H](NC(=O)[C@H](Cc1ccccc1)NC(=O)OCc1ccccc1)C(N)=O. The topological polar surface area (TPSA) is 111 Å². The van der Waals surface area contributed by atoms with Crippen molar-refractivity contribution in [3.63, 3.8) is 0 Å². The molecule has 7 nitrogen and oxygen atoms in total. The third-order valence-corrected chi connectivity index (χ3v) is 4.66. The molecule has 164 valence electrons. The minimum Gasteiger partial charge on any atom is -0.445 e. The summed E-state index contributed by atoms with van der Waals surface area (Å²) in [5, 5.41) is 5.26. The van der Waals surface area contributed by atoms with Gasteiger partial charge in [0.05, 0.1) is 0 Å². The first-order chi connectivity index (χ1) is 15.0. The van der Waals surface area contributed by atoms with Gasteiger partial charge in [0.2, 0.25) is 11.8 Å². The van der Waals surface area contributed by atoms with Crippen LogP contribution in [0.4, 0.5) is 4.79 Å². The molecule has 4 N–H and O–H groups in total. The van der Waals surface area contributed by atoms with Gasteiger partial charge in [-0.15, -0.1) is 6.58 Å². The van der Waals surface area contributed by atoms with Crippen LogP contribution >= 0.6 is 0 Å². The number of alkyl carbamates (subject to hydrolysis) is 1. The zero-order chi connectivity index (χ0) is 22.5. The average molecular weight is 424 g/mol. The highest BCUT2D eigenvalue weighted by molar-refractivity contribution is 5.90. The van der Waals surface area contributed by atoms with Crippen LogP contribution in [0, 0.1) is 0 Å². The Morgan fingerprint density at radius 3 is 2.13 bits per heavy atom. The number of primary amides is 1. The number of nitrogens with two attached hydrogens (primary N) is 1. The van der Waals surface area contributed by atoms with Gasteiger partial charge in [0.15, 0.2) is 0 Å². The van der Waals surface area contributed by atoms with E-state index in [1.54, 1.807) is 6.08 Å². The molecule has 3 amide bonds. The van der Waals surface area contributed by atoms with Crippen molar-refractivity contribution >= 4 is 17.9 Å². The van der Waals surface area contributed by atoms with Gasteiger partial charge in [0, 0.05) is 6.42 Å². The molecule has 0 fully saturated rings. The number of allylic oxidation sites excluding steroid dienone is 1. The van der Waals surface area contributed by atoms with E-state index in [0.29, 0.717) is 19.3 Å². The molecule has 0 aromatic heterocycles. The second-order valence-electron chi connectivity index (χ2n) is 7.13. The number of hydrogen-bond acceptors (Lipinski definition) is 4. The lowest BCUT2D eigenvalue weighted by Gasteiger charge is -2.22. The van der Waals surface area contributed by atoms with Crippen molar-refractivity contribution in [1.29, 1.82) is 0 Å². The van der Waals surface area contributed by atoms with Crippen LogP contribution in [-0.4, -0.2) is 30.0 Å². The number of carbonyl (C=O) groups excluding carboxylic acids is 3. The fourth-order valence-electron chi connectivity index (χ4n) is 2.99. The van der Waals surface area contributed by atoms with Gasteiger partial charge in [-0.3, -0.25) is 9.59 Å². The van der Waals surface area contributed by atoms with E-state index < -0.39 is 30.0 Å². The predicted octanol–water partition coefficient (Wildman–Crippen LogP) is 2.85. The summed E-state index contributed by atoms with van der Waals surface area (Å²) in [6.07, 6.45) is 3.02. The molecule has 0 saturated carbocycles. The molecular weight excluding hydrogens is 394 g/mol. The maximum absolute atomic E-state index is 12.9. The number of ether oxygens (including phenoxy) is 1. The highest BCUT2D eigenvalue weighted by atomic mass is 16.5. The van der Waals surface area contributed by atoms with E-state index in [0.717, 1.165) is 11.1 Å². The molecule has 0 spiro atoms. The average Bonchev–Trinajstić information content (AvgIpc) is 2.78. The summed E-state index contributed by atoms with van der Waals surface area (Å²) in [5.74, 6) is -1.12. The number of unbranched alkanes of at least 4 members (excludes halogenated alkanes) is 1. The van der Waals surface area contributed by atoms with Gasteiger partial charge >= 0.3 is 6.09 Å². The molecule has 0 radical (unpaired) electrons. The fourth-order valence-corrected chi connectivity index (χ4v) is 2.99. The van der Waals surface area contributed by atoms with Crippen molar-refractivity contribution in [3.05, 3.63) is 84.4 Å². The zero-order valence-corrected chi connectivity index (χ0v) is 17.5. The Labute approximate surface area is 182 Å². The fraction of sp³-hybridized carbons (Fsp3) is 0.292. The first kappa shape index (κ1) is 23.7. The zero-order valence-electron chi connectivity index (χ0n) is 17.5. The van der Waals surface area contributed by atoms with E-state index in [4.69, 9.17) is 10.5 Å². The first-order valence-electron chi connectivity index (χ1n) is 10.2. The van der Waals surface area contributed by atoms with Gasteiger partial charge in [-0.1, -0.05) is 66.7 Å². The summed E-state index contributed by atoms with van der Waals surface area (Å²) in [4.78, 5) is 37.0. The molecule has 0 aliphatic heterocycles. The third kappa shape index (κ3) is 8.74. The van der Waals surface area contributed by atoms with Gasteiger partial charge in [0.1, 0.15) is 18.7 Å². The maximum atomic E-state index is 12.9. The van der Waals surface area contributed by atoms with Crippen LogP contribution in [0.25, 0.3) is 0 Å². The standard InChI is InChI=1S/C24H29N3O4/c1-2-3-6-15-20(22(25)28)26-23(29)21(16-18-11-7-4-8-12-18)27-24(30)31-17-19-13-9-5-10-14-19/h2,4-5,7-14,20-21H,1,3,6,15-17H2,(H2,25,28)(H,26,29)(H,27,30)/t20-,21+/m1/s1. The third-order valence-electron chi connectivity index (χ3n) is 4.66. The Balaban J connectivity index is 2.03. The summed E-state index contributed by atoms with van der Waals surface area (Å²) in [5.41, 5.74) is 7.13. The van der Waals surface area contributed by atoms with Crippen molar-refractivity contribution in [2.75, 3.05) is 0 Å². The molecule has 0 saturated heterocycles. The van der Waals surface area contributed by atoms with E-state index >= 15 is 0 Å². The molecule has 0 heterocycles. The molecule has 0 aliphatic carbocycles. The largest absolute Gasteiger partial charge is 0.445 e. The monoisotopic (exact) mass is 423 g/mol. The van der Waals surface area contributed by atoms with Gasteiger partial charge < -0.3 is 21.1 Å². The highest BCUT2D eigenvalue weighted by Gasteiger charge is 2.26. The van der Waals surface area contributed by atoms with E-state index in [2.05, 4.69) is 17.2 Å². The van der Waals surface area contributed by atoms with Crippen LogP contribution in [0.5, 0.6) is 0 Å². The molecule has 2 aromatic carbocycles. The number of amides is 3. The summed E-state index contributed by atoms with van der Waals surface area (Å²) in [7, 11) is 0. The maximum Gasteiger partial charge on any atom is 0.408 e. The normalized spacial score (nSPS) is 12.3. The van der Waals surface area contributed by atoms with Crippen LogP contribution in [-0.2, 0) is 27.4 Å².